The number of halogens is 1. The lowest BCUT2D eigenvalue weighted by atomic mass is 10.1. The fraction of sp³-hybridized carbons (Fsp3) is 0.455. The Morgan fingerprint density at radius 2 is 2.05 bits per heavy atom. The summed E-state index contributed by atoms with van der Waals surface area (Å²) in [6.07, 6.45) is 3.56. The van der Waals surface area contributed by atoms with Crippen LogP contribution >= 0.6 is 22.9 Å². The van der Waals surface area contributed by atoms with Crippen LogP contribution in [0.1, 0.15) is 19.3 Å². The van der Waals surface area contributed by atoms with Crippen LogP contribution in [-0.2, 0) is 0 Å². The summed E-state index contributed by atoms with van der Waals surface area (Å²) < 4.78 is 0.705. The predicted molar refractivity (Wildman–Crippen MR) is 75.1 cm³/mol. The molecule has 2 aromatic heterocycles. The van der Waals surface area contributed by atoms with Crippen molar-refractivity contribution in [3.05, 3.63) is 21.3 Å². The van der Waals surface area contributed by atoms with Gasteiger partial charge in [-0.2, -0.15) is 4.98 Å². The number of nitrogens with zero attached hydrogens (tertiary/aromatic N) is 4. The number of anilines is 1. The van der Waals surface area contributed by atoms with E-state index in [4.69, 9.17) is 11.6 Å². The number of hydrogen-bond acceptors (Lipinski definition) is 6. The summed E-state index contributed by atoms with van der Waals surface area (Å²) in [5.41, 5.74) is 0.323. The van der Waals surface area contributed by atoms with E-state index in [1.807, 2.05) is 0 Å². The van der Waals surface area contributed by atoms with Crippen LogP contribution in [0.4, 0.5) is 10.8 Å². The average Bonchev–Trinajstić information content (AvgIpc) is 2.81. The lowest BCUT2D eigenvalue weighted by Gasteiger charge is -2.25. The topological polar surface area (TPSA) is 72.2 Å². The number of thiazole rings is 1. The maximum atomic E-state index is 10.8. The molecule has 1 fully saturated rings. The molecule has 0 amide bonds. The second-order valence-corrected chi connectivity index (χ2v) is 5.79. The van der Waals surface area contributed by atoms with Crippen LogP contribution in [0, 0.1) is 10.1 Å². The molecule has 8 heteroatoms. The molecule has 3 rings (SSSR count). The van der Waals surface area contributed by atoms with Gasteiger partial charge in [0.25, 0.3) is 0 Å². The Bertz CT molecular complexity index is 639. The van der Waals surface area contributed by atoms with Gasteiger partial charge < -0.3 is 4.90 Å². The summed E-state index contributed by atoms with van der Waals surface area (Å²) in [5, 5.41) is 11.6. The summed E-state index contributed by atoms with van der Waals surface area (Å²) >= 11 is 7.22. The Kier molecular flexibility index (Phi) is 3.24. The zero-order valence-electron chi connectivity index (χ0n) is 10.0. The van der Waals surface area contributed by atoms with Gasteiger partial charge in [-0.15, -0.1) is 0 Å². The fourth-order valence-corrected chi connectivity index (χ4v) is 3.37. The number of piperidine rings is 1. The Hall–Kier alpha value is -1.47. The van der Waals surface area contributed by atoms with E-state index in [1.54, 1.807) is 0 Å². The summed E-state index contributed by atoms with van der Waals surface area (Å²) in [7, 11) is 0. The van der Waals surface area contributed by atoms with Crippen molar-refractivity contribution < 1.29 is 4.92 Å². The second-order valence-electron chi connectivity index (χ2n) is 4.42. The molecule has 1 aliphatic heterocycles. The highest BCUT2D eigenvalue weighted by atomic mass is 35.5. The summed E-state index contributed by atoms with van der Waals surface area (Å²) in [4.78, 5) is 20.9. The highest BCUT2D eigenvalue weighted by Crippen LogP contribution is 2.34. The molecule has 1 saturated heterocycles. The van der Waals surface area contributed by atoms with Crippen molar-refractivity contribution in [2.45, 2.75) is 19.3 Å². The van der Waals surface area contributed by atoms with Gasteiger partial charge in [0.15, 0.2) is 10.8 Å². The maximum absolute atomic E-state index is 10.8. The Morgan fingerprint density at radius 3 is 2.74 bits per heavy atom. The average molecular weight is 299 g/mol. The van der Waals surface area contributed by atoms with E-state index in [0.29, 0.717) is 10.3 Å². The quantitative estimate of drug-likeness (QED) is 0.483. The second kappa shape index (κ2) is 4.90. The van der Waals surface area contributed by atoms with Gasteiger partial charge in [-0.05, 0) is 19.3 Å². The molecule has 0 bridgehead atoms. The molecule has 0 unspecified atom stereocenters. The number of fused-ring (bicyclic) bond motifs is 1. The van der Waals surface area contributed by atoms with Crippen LogP contribution in [0.3, 0.4) is 0 Å². The van der Waals surface area contributed by atoms with E-state index in [2.05, 4.69) is 14.9 Å². The minimum Gasteiger partial charge on any atom is -0.348 e. The Labute approximate surface area is 118 Å². The summed E-state index contributed by atoms with van der Waals surface area (Å²) in [6, 6.07) is 1.45. The summed E-state index contributed by atoms with van der Waals surface area (Å²) in [5.74, 6) is 0. The van der Waals surface area contributed by atoms with E-state index >= 15 is 0 Å². The summed E-state index contributed by atoms with van der Waals surface area (Å²) in [6.45, 7) is 1.96. The SMILES string of the molecule is O=[N+]([O-])c1cc2sc(N3CCCCC3)nc2nc1Cl. The molecular weight excluding hydrogens is 288 g/mol. The fourth-order valence-electron chi connectivity index (χ4n) is 2.17. The van der Waals surface area contributed by atoms with Gasteiger partial charge >= 0.3 is 5.69 Å². The molecule has 2 aromatic rings. The molecule has 0 N–H and O–H groups in total. The van der Waals surface area contributed by atoms with Crippen LogP contribution < -0.4 is 4.90 Å². The van der Waals surface area contributed by atoms with Gasteiger partial charge in [0.2, 0.25) is 5.15 Å². The van der Waals surface area contributed by atoms with Crippen molar-refractivity contribution in [3.8, 4) is 0 Å². The third-order valence-electron chi connectivity index (χ3n) is 3.13. The van der Waals surface area contributed by atoms with Crippen LogP contribution in [-0.4, -0.2) is 28.0 Å². The standard InChI is InChI=1S/C11H11ClN4O2S/c12-9-7(16(17)18)6-8-10(13-9)14-11(19-8)15-4-2-1-3-5-15/h6H,1-5H2. The molecule has 0 aliphatic carbocycles. The smallest absolute Gasteiger partial charge is 0.308 e. The monoisotopic (exact) mass is 298 g/mol. The Balaban J connectivity index is 2.02. The zero-order valence-corrected chi connectivity index (χ0v) is 11.6. The molecular formula is C11H11ClN4O2S. The van der Waals surface area contributed by atoms with Crippen LogP contribution in [0.2, 0.25) is 5.15 Å². The first-order valence-electron chi connectivity index (χ1n) is 6.01. The number of nitro groups is 1. The molecule has 3 heterocycles. The molecule has 1 aliphatic rings. The lowest BCUT2D eigenvalue weighted by Crippen LogP contribution is -2.29. The molecule has 0 spiro atoms. The predicted octanol–water partition coefficient (Wildman–Crippen LogP) is 3.24. The van der Waals surface area contributed by atoms with Crippen molar-refractivity contribution >= 4 is 44.1 Å². The van der Waals surface area contributed by atoms with Crippen molar-refractivity contribution in [2.24, 2.45) is 0 Å². The van der Waals surface area contributed by atoms with Crippen LogP contribution in [0.5, 0.6) is 0 Å². The zero-order chi connectivity index (χ0) is 13.4. The minimum absolute atomic E-state index is 0.104. The third-order valence-corrected chi connectivity index (χ3v) is 4.46. The molecule has 6 nitrogen and oxygen atoms in total. The number of pyridine rings is 1. The first-order chi connectivity index (χ1) is 9.15. The normalized spacial score (nSPS) is 15.9. The van der Waals surface area contributed by atoms with Crippen molar-refractivity contribution in [1.29, 1.82) is 0 Å². The van der Waals surface area contributed by atoms with Crippen LogP contribution in [0.15, 0.2) is 6.07 Å². The van der Waals surface area contributed by atoms with E-state index in [0.717, 1.165) is 31.1 Å². The largest absolute Gasteiger partial charge is 0.348 e. The van der Waals surface area contributed by atoms with Crippen molar-refractivity contribution in [2.75, 3.05) is 18.0 Å². The number of hydrogen-bond donors (Lipinski definition) is 0. The molecule has 0 saturated carbocycles. The molecule has 19 heavy (non-hydrogen) atoms. The van der Waals surface area contributed by atoms with Gasteiger partial charge in [0.1, 0.15) is 0 Å². The molecule has 0 aromatic carbocycles. The highest BCUT2D eigenvalue weighted by Gasteiger charge is 2.20. The highest BCUT2D eigenvalue weighted by molar-refractivity contribution is 7.22. The van der Waals surface area contributed by atoms with Crippen LogP contribution in [0.25, 0.3) is 10.3 Å². The van der Waals surface area contributed by atoms with Gasteiger partial charge in [0.05, 0.1) is 9.62 Å². The third kappa shape index (κ3) is 2.35. The van der Waals surface area contributed by atoms with E-state index < -0.39 is 4.92 Å². The molecule has 0 radical (unpaired) electrons. The minimum atomic E-state index is -0.519. The maximum Gasteiger partial charge on any atom is 0.308 e. The molecule has 0 atom stereocenters. The lowest BCUT2D eigenvalue weighted by molar-refractivity contribution is -0.384. The first-order valence-corrected chi connectivity index (χ1v) is 7.21. The number of aromatic nitrogens is 2. The van der Waals surface area contributed by atoms with E-state index in [1.165, 1.54) is 23.8 Å². The van der Waals surface area contributed by atoms with E-state index in [9.17, 15) is 10.1 Å². The molecule has 100 valence electrons. The van der Waals surface area contributed by atoms with Gasteiger partial charge in [-0.3, -0.25) is 10.1 Å². The first kappa shape index (κ1) is 12.6. The number of rotatable bonds is 2. The Morgan fingerprint density at radius 1 is 1.32 bits per heavy atom. The van der Waals surface area contributed by atoms with Gasteiger partial charge in [-0.25, -0.2) is 4.98 Å². The van der Waals surface area contributed by atoms with Crippen molar-refractivity contribution in [1.82, 2.24) is 9.97 Å². The van der Waals surface area contributed by atoms with Gasteiger partial charge in [0, 0.05) is 19.2 Å². The van der Waals surface area contributed by atoms with Crippen molar-refractivity contribution in [3.63, 3.8) is 0 Å². The van der Waals surface area contributed by atoms with E-state index in [-0.39, 0.29) is 10.8 Å². The van der Waals surface area contributed by atoms with Gasteiger partial charge in [-0.1, -0.05) is 22.9 Å².